The first-order valence-electron chi connectivity index (χ1n) is 16.1. The first kappa shape index (κ1) is 51.2. The highest BCUT2D eigenvalue weighted by molar-refractivity contribution is 7.92. The van der Waals surface area contributed by atoms with Gasteiger partial charge in [-0.2, -0.15) is 39.5 Å². The number of aromatic nitrogens is 2. The number of hydrogen-bond acceptors (Lipinski definition) is 10. The van der Waals surface area contributed by atoms with Crippen molar-refractivity contribution in [2.24, 2.45) is 5.73 Å². The lowest BCUT2D eigenvalue weighted by molar-refractivity contribution is -0.192. The summed E-state index contributed by atoms with van der Waals surface area (Å²) in [7, 11) is -4.74. The lowest BCUT2D eigenvalue weighted by Gasteiger charge is -2.18. The smallest absolute Gasteiger partial charge is 0.483 e. The fourth-order valence-corrected chi connectivity index (χ4v) is 5.72. The van der Waals surface area contributed by atoms with Crippen molar-refractivity contribution < 1.29 is 72.5 Å². The fraction of sp³-hybridized carbons (Fsp3) is 0.235. The van der Waals surface area contributed by atoms with E-state index in [2.05, 4.69) is 20.3 Å². The number of hydrogen-bond donors (Lipinski definition) is 8. The van der Waals surface area contributed by atoms with Crippen molar-refractivity contribution in [1.29, 1.82) is 5.41 Å². The molecule has 0 aliphatic rings. The number of halogens is 9. The number of nitrogens with zero attached hydrogens (tertiary/aromatic N) is 2. The molecular formula is C34H35F9N8O8S. The Morgan fingerprint density at radius 1 is 0.983 bits per heavy atom. The molecule has 1 amide bonds. The van der Waals surface area contributed by atoms with E-state index in [9.17, 15) is 57.5 Å². The molecule has 0 radical (unpaired) electrons. The first-order chi connectivity index (χ1) is 27.6. The second-order valence-electron chi connectivity index (χ2n) is 11.7. The summed E-state index contributed by atoms with van der Waals surface area (Å²) in [5.74, 6) is -3.45. The standard InChI is InChI=1S/C30H31F3N8O4S.C2HF3O2.CHF3.CH2O2/c1-17(2)39-28-29(43)41(16-26(42)37-14-18-7-9-19(10-8-18)27(35)36)24(15-38-28)20-11-21(34)13-22(12-20)40-46(44,45)25-6-4-3-5-23(25)30(31,32)33;3-2(4,5)1(6)7;2-1(3)4;2-1-3/h3-13,15,17,40H,14,16,34H2,1-2H3,(H3,35,36)(H,37,42)(H,38,39);(H,6,7);1H;1H,(H,2,3). The van der Waals surface area contributed by atoms with Crippen LogP contribution in [0.3, 0.4) is 0 Å². The van der Waals surface area contributed by atoms with Gasteiger partial charge in [0.1, 0.15) is 12.4 Å². The summed E-state index contributed by atoms with van der Waals surface area (Å²) in [5, 5.41) is 27.1. The van der Waals surface area contributed by atoms with Crippen LogP contribution in [0.15, 0.2) is 82.6 Å². The SMILES string of the molecule is CC(C)Nc1ncc(-c2cc(N)cc(NS(=O)(=O)c3ccccc3C(F)(F)F)c2)n(CC(=O)NCc2ccc(C(=N)N)cc2)c1=O.FC(F)F.O=C(O)C(F)(F)F.O=CO. The number of benzene rings is 3. The van der Waals surface area contributed by atoms with Crippen LogP contribution in [-0.2, 0) is 43.7 Å². The molecule has 0 atom stereocenters. The summed E-state index contributed by atoms with van der Waals surface area (Å²) >= 11 is 0. The van der Waals surface area contributed by atoms with Crippen LogP contribution in [0.1, 0.15) is 30.5 Å². The molecule has 10 N–H and O–H groups in total. The number of amidine groups is 1. The van der Waals surface area contributed by atoms with Crippen molar-refractivity contribution in [3.05, 3.63) is 100.0 Å². The van der Waals surface area contributed by atoms with Crippen LogP contribution in [0.2, 0.25) is 0 Å². The van der Waals surface area contributed by atoms with Crippen molar-refractivity contribution in [1.82, 2.24) is 14.9 Å². The van der Waals surface area contributed by atoms with E-state index in [0.717, 1.165) is 22.8 Å². The third-order valence-corrected chi connectivity index (χ3v) is 8.20. The fourth-order valence-electron chi connectivity index (χ4n) is 4.45. The second-order valence-corrected chi connectivity index (χ2v) is 13.3. The lowest BCUT2D eigenvalue weighted by atomic mass is 10.1. The molecule has 0 bridgehead atoms. The molecular weight excluding hydrogens is 851 g/mol. The molecule has 1 heterocycles. The monoisotopic (exact) mass is 886 g/mol. The van der Waals surface area contributed by atoms with Gasteiger partial charge in [-0.25, -0.2) is 18.2 Å². The van der Waals surface area contributed by atoms with Gasteiger partial charge in [-0.3, -0.25) is 29.1 Å². The molecule has 60 heavy (non-hydrogen) atoms. The Morgan fingerprint density at radius 3 is 2.00 bits per heavy atom. The zero-order valence-electron chi connectivity index (χ0n) is 30.8. The van der Waals surface area contributed by atoms with Crippen LogP contribution < -0.4 is 32.4 Å². The number of carboxylic acids is 1. The average molecular weight is 887 g/mol. The Kier molecular flexibility index (Phi) is 19.0. The molecule has 4 aromatic rings. The number of sulfonamides is 1. The lowest BCUT2D eigenvalue weighted by Crippen LogP contribution is -2.35. The van der Waals surface area contributed by atoms with Crippen molar-refractivity contribution in [3.63, 3.8) is 0 Å². The number of nitrogens with two attached hydrogens (primary N) is 2. The number of carboxylic acid groups (broad SMARTS) is 2. The maximum Gasteiger partial charge on any atom is 0.490 e. The van der Waals surface area contributed by atoms with E-state index in [0.29, 0.717) is 17.2 Å². The van der Waals surface area contributed by atoms with Gasteiger partial charge < -0.3 is 32.3 Å². The predicted molar refractivity (Wildman–Crippen MR) is 198 cm³/mol. The summed E-state index contributed by atoms with van der Waals surface area (Å²) in [6.45, 7) is -0.704. The zero-order valence-corrected chi connectivity index (χ0v) is 31.6. The summed E-state index contributed by atoms with van der Waals surface area (Å²) < 4.78 is 131. The van der Waals surface area contributed by atoms with E-state index in [4.69, 9.17) is 36.7 Å². The number of anilines is 3. The normalized spacial score (nSPS) is 11.1. The highest BCUT2D eigenvalue weighted by Gasteiger charge is 2.38. The third kappa shape index (κ3) is 16.9. The van der Waals surface area contributed by atoms with E-state index in [-0.39, 0.29) is 53.3 Å². The molecule has 16 nitrogen and oxygen atoms in total. The Bertz CT molecular complexity index is 2270. The van der Waals surface area contributed by atoms with Crippen molar-refractivity contribution in [2.45, 2.75) is 56.9 Å². The third-order valence-electron chi connectivity index (χ3n) is 6.76. The molecule has 0 aliphatic heterocycles. The molecule has 1 aromatic heterocycles. The molecule has 0 spiro atoms. The molecule has 3 aromatic carbocycles. The van der Waals surface area contributed by atoms with Gasteiger partial charge in [-0.05, 0) is 49.7 Å². The number of alkyl halides is 9. The largest absolute Gasteiger partial charge is 0.490 e. The van der Waals surface area contributed by atoms with E-state index in [1.54, 1.807) is 38.1 Å². The quantitative estimate of drug-likeness (QED) is 0.0316. The van der Waals surface area contributed by atoms with Crippen LogP contribution in [0.5, 0.6) is 0 Å². The molecule has 328 valence electrons. The zero-order chi connectivity index (χ0) is 46.2. The maximum atomic E-state index is 13.6. The van der Waals surface area contributed by atoms with Gasteiger partial charge in [-0.15, -0.1) is 0 Å². The van der Waals surface area contributed by atoms with E-state index < -0.39 is 63.5 Å². The van der Waals surface area contributed by atoms with E-state index >= 15 is 0 Å². The molecule has 26 heteroatoms. The van der Waals surface area contributed by atoms with E-state index in [1.807, 2.05) is 0 Å². The van der Waals surface area contributed by atoms with Crippen LogP contribution in [0.4, 0.5) is 56.7 Å². The van der Waals surface area contributed by atoms with Crippen LogP contribution in [0.25, 0.3) is 11.3 Å². The Labute approximate surface area is 333 Å². The number of aliphatic carboxylic acids is 1. The van der Waals surface area contributed by atoms with Gasteiger partial charge in [0.25, 0.3) is 22.1 Å². The van der Waals surface area contributed by atoms with Crippen LogP contribution >= 0.6 is 0 Å². The number of amides is 1. The van der Waals surface area contributed by atoms with Gasteiger partial charge in [0, 0.05) is 29.4 Å². The molecule has 4 rings (SSSR count). The molecule has 0 aliphatic carbocycles. The van der Waals surface area contributed by atoms with Crippen LogP contribution in [-0.4, -0.2) is 71.3 Å². The van der Waals surface area contributed by atoms with E-state index in [1.165, 1.54) is 24.4 Å². The van der Waals surface area contributed by atoms with Gasteiger partial charge >= 0.3 is 25.0 Å². The minimum absolute atomic E-state index is 0.0150. The minimum atomic E-state index is -5.08. The highest BCUT2D eigenvalue weighted by Crippen LogP contribution is 2.35. The summed E-state index contributed by atoms with van der Waals surface area (Å²) in [6, 6.07) is 14.0. The Morgan fingerprint density at radius 2 is 1.52 bits per heavy atom. The predicted octanol–water partition coefficient (Wildman–Crippen LogP) is 5.25. The van der Waals surface area contributed by atoms with Crippen molar-refractivity contribution in [3.8, 4) is 11.3 Å². The molecule has 0 unspecified atom stereocenters. The van der Waals surface area contributed by atoms with Gasteiger partial charge in [0.15, 0.2) is 5.82 Å². The maximum absolute atomic E-state index is 13.6. The molecule has 0 saturated heterocycles. The number of nitrogens with one attached hydrogen (secondary N) is 4. The first-order valence-corrected chi connectivity index (χ1v) is 17.6. The topological polar surface area (TPSA) is 273 Å². The highest BCUT2D eigenvalue weighted by atomic mass is 32.2. The van der Waals surface area contributed by atoms with Gasteiger partial charge in [0.2, 0.25) is 5.91 Å². The summed E-state index contributed by atoms with van der Waals surface area (Å²) in [4.78, 5) is 47.0. The number of rotatable bonds is 11. The average Bonchev–Trinajstić information content (AvgIpc) is 3.11. The second kappa shape index (κ2) is 22.3. The number of carbonyl (C=O) groups is 3. The molecule has 0 fully saturated rings. The van der Waals surface area contributed by atoms with Crippen LogP contribution in [0, 0.1) is 5.41 Å². The van der Waals surface area contributed by atoms with Crippen molar-refractivity contribution >= 4 is 51.4 Å². The summed E-state index contributed by atoms with van der Waals surface area (Å²) in [6.07, 6.45) is -8.72. The Balaban J connectivity index is 0.00000111. The molecule has 0 saturated carbocycles. The number of nitrogen functional groups attached to an aromatic ring is 2. The minimum Gasteiger partial charge on any atom is -0.483 e. The summed E-state index contributed by atoms with van der Waals surface area (Å²) in [5.41, 5.74) is 10.8. The van der Waals surface area contributed by atoms with Gasteiger partial charge in [-0.1, -0.05) is 36.4 Å². The Hall–Kier alpha value is -6.86. The van der Waals surface area contributed by atoms with Gasteiger partial charge in [0.05, 0.1) is 28.0 Å². The van der Waals surface area contributed by atoms with Crippen molar-refractivity contribution in [2.75, 3.05) is 15.8 Å². The number of carbonyl (C=O) groups excluding carboxylic acids is 1.